The van der Waals surface area contributed by atoms with Gasteiger partial charge in [0.2, 0.25) is 0 Å². The third-order valence-electron chi connectivity index (χ3n) is 6.53. The second kappa shape index (κ2) is 8.58. The lowest BCUT2D eigenvalue weighted by atomic mass is 9.79. The number of fused-ring (bicyclic) bond motifs is 2. The number of pyridine rings is 1. The van der Waals surface area contributed by atoms with E-state index in [0.29, 0.717) is 6.04 Å². The molecular weight excluding hydrogens is 394 g/mol. The number of hydrogen-bond donors (Lipinski definition) is 2. The van der Waals surface area contributed by atoms with Crippen LogP contribution in [0, 0.1) is 0 Å². The molecule has 4 heterocycles. The van der Waals surface area contributed by atoms with Gasteiger partial charge in [0.05, 0.1) is 24.4 Å². The van der Waals surface area contributed by atoms with Crippen LogP contribution < -0.4 is 5.32 Å². The van der Waals surface area contributed by atoms with Crippen LogP contribution in [0.3, 0.4) is 0 Å². The van der Waals surface area contributed by atoms with Crippen LogP contribution in [0.1, 0.15) is 61.4 Å². The molecule has 0 aromatic carbocycles. The third-order valence-corrected chi connectivity index (χ3v) is 7.87. The van der Waals surface area contributed by atoms with Gasteiger partial charge >= 0.3 is 0 Å². The minimum atomic E-state index is -0.373. The summed E-state index contributed by atoms with van der Waals surface area (Å²) in [7, 11) is 0. The van der Waals surface area contributed by atoms with E-state index in [0.717, 1.165) is 51.2 Å². The number of aryl methyl sites for hydroxylation is 1. The van der Waals surface area contributed by atoms with Gasteiger partial charge in [-0.2, -0.15) is 0 Å². The molecule has 2 atom stereocenters. The van der Waals surface area contributed by atoms with Crippen LogP contribution in [0.15, 0.2) is 24.4 Å². The minimum absolute atomic E-state index is 0.0666. The molecule has 4 rings (SSSR count). The molecule has 0 amide bonds. The molecule has 0 saturated carbocycles. The Bertz CT molecular complexity index is 864. The minimum Gasteiger partial charge on any atom is -0.394 e. The summed E-state index contributed by atoms with van der Waals surface area (Å²) in [4.78, 5) is 10.2. The SMILES string of the molecule is CCc1cc2c(s1)CCO[C@@]21CCN(Cc2ccc(NC(C)(C)CO)nc2)[C@@H](C)C1. The number of hydrogen-bond acceptors (Lipinski definition) is 6. The number of likely N-dealkylation sites (tertiary alicyclic amines) is 1. The number of thiophene rings is 1. The maximum atomic E-state index is 9.43. The van der Waals surface area contributed by atoms with Crippen molar-refractivity contribution in [1.29, 1.82) is 0 Å². The Labute approximate surface area is 184 Å². The van der Waals surface area contributed by atoms with Crippen LogP contribution in [-0.2, 0) is 29.7 Å². The lowest BCUT2D eigenvalue weighted by Gasteiger charge is -2.47. The quantitative estimate of drug-likeness (QED) is 0.715. The molecule has 5 nitrogen and oxygen atoms in total. The fourth-order valence-corrected chi connectivity index (χ4v) is 5.90. The molecule has 0 aliphatic carbocycles. The average molecular weight is 430 g/mol. The van der Waals surface area contributed by atoms with Crippen molar-refractivity contribution >= 4 is 17.2 Å². The Morgan fingerprint density at radius 1 is 1.40 bits per heavy atom. The van der Waals surface area contributed by atoms with Gasteiger partial charge < -0.3 is 15.2 Å². The maximum absolute atomic E-state index is 9.43. The van der Waals surface area contributed by atoms with Gasteiger partial charge in [0.15, 0.2) is 0 Å². The first-order valence-electron chi connectivity index (χ1n) is 11.2. The van der Waals surface area contributed by atoms with Gasteiger partial charge in [-0.25, -0.2) is 4.98 Å². The Morgan fingerprint density at radius 3 is 2.90 bits per heavy atom. The Morgan fingerprint density at radius 2 is 2.23 bits per heavy atom. The average Bonchev–Trinajstić information content (AvgIpc) is 3.17. The standard InChI is InChI=1S/C24H35N3O2S/c1-5-19-12-20-21(30-19)8-11-29-24(20)9-10-27(17(2)13-24)15-18-6-7-22(25-14-18)26-23(3,4)16-28/h6-7,12,14,17,28H,5,8-11,13,15-16H2,1-4H3,(H,25,26)/t17-,24+/m0/s1. The molecule has 0 radical (unpaired) electrons. The number of aromatic nitrogens is 1. The number of aliphatic hydroxyl groups is 1. The molecule has 0 unspecified atom stereocenters. The van der Waals surface area contributed by atoms with Gasteiger partial charge in [-0.3, -0.25) is 4.90 Å². The van der Waals surface area contributed by atoms with Crippen molar-refractivity contribution in [1.82, 2.24) is 9.88 Å². The van der Waals surface area contributed by atoms with Crippen molar-refractivity contribution in [3.63, 3.8) is 0 Å². The van der Waals surface area contributed by atoms with Gasteiger partial charge in [-0.05, 0) is 63.3 Å². The highest BCUT2D eigenvalue weighted by atomic mass is 32.1. The molecule has 1 saturated heterocycles. The van der Waals surface area contributed by atoms with Crippen LogP contribution in [0.2, 0.25) is 0 Å². The molecule has 0 bridgehead atoms. The summed E-state index contributed by atoms with van der Waals surface area (Å²) in [6.45, 7) is 11.4. The first kappa shape index (κ1) is 21.8. The van der Waals surface area contributed by atoms with Crippen LogP contribution in [-0.4, -0.2) is 46.3 Å². The predicted octanol–water partition coefficient (Wildman–Crippen LogP) is 4.34. The van der Waals surface area contributed by atoms with Crippen molar-refractivity contribution in [2.24, 2.45) is 0 Å². The number of nitrogens with zero attached hydrogens (tertiary/aromatic N) is 2. The zero-order valence-electron chi connectivity index (χ0n) is 18.7. The second-order valence-corrected chi connectivity index (χ2v) is 10.7. The van der Waals surface area contributed by atoms with Crippen LogP contribution in [0.4, 0.5) is 5.82 Å². The predicted molar refractivity (Wildman–Crippen MR) is 123 cm³/mol. The molecule has 1 fully saturated rings. The highest BCUT2D eigenvalue weighted by molar-refractivity contribution is 7.12. The third kappa shape index (κ3) is 4.42. The highest BCUT2D eigenvalue weighted by Gasteiger charge is 2.44. The Kier molecular flexibility index (Phi) is 6.22. The Balaban J connectivity index is 1.42. The molecule has 2 N–H and O–H groups in total. The van der Waals surface area contributed by atoms with E-state index in [1.807, 2.05) is 37.4 Å². The van der Waals surface area contributed by atoms with E-state index in [-0.39, 0.29) is 17.7 Å². The van der Waals surface area contributed by atoms with E-state index in [1.165, 1.54) is 16.0 Å². The maximum Gasteiger partial charge on any atom is 0.126 e. The van der Waals surface area contributed by atoms with E-state index in [1.54, 1.807) is 4.88 Å². The number of ether oxygens (including phenoxy) is 1. The second-order valence-electron chi connectivity index (χ2n) is 9.49. The van der Waals surface area contributed by atoms with Crippen molar-refractivity contribution in [2.45, 2.75) is 77.1 Å². The zero-order valence-corrected chi connectivity index (χ0v) is 19.5. The van der Waals surface area contributed by atoms with E-state index >= 15 is 0 Å². The number of piperidine rings is 1. The van der Waals surface area contributed by atoms with Crippen molar-refractivity contribution < 1.29 is 9.84 Å². The first-order chi connectivity index (χ1) is 14.3. The summed E-state index contributed by atoms with van der Waals surface area (Å²) in [5, 5.41) is 12.7. The summed E-state index contributed by atoms with van der Waals surface area (Å²) in [6, 6.07) is 7.03. The van der Waals surface area contributed by atoms with Crippen LogP contribution in [0.25, 0.3) is 0 Å². The number of rotatable bonds is 6. The van der Waals surface area contributed by atoms with Gasteiger partial charge in [-0.15, -0.1) is 11.3 Å². The highest BCUT2D eigenvalue weighted by Crippen LogP contribution is 2.46. The smallest absolute Gasteiger partial charge is 0.126 e. The fraction of sp³-hybridized carbons (Fsp3) is 0.625. The van der Waals surface area contributed by atoms with Crippen LogP contribution >= 0.6 is 11.3 Å². The van der Waals surface area contributed by atoms with Gasteiger partial charge in [0, 0.05) is 41.5 Å². The van der Waals surface area contributed by atoms with E-state index in [2.05, 4.69) is 41.2 Å². The molecule has 2 aliphatic rings. The van der Waals surface area contributed by atoms with E-state index < -0.39 is 0 Å². The largest absolute Gasteiger partial charge is 0.394 e. The molecule has 164 valence electrons. The van der Waals surface area contributed by atoms with Gasteiger partial charge in [0.1, 0.15) is 5.82 Å². The fourth-order valence-electron chi connectivity index (χ4n) is 4.72. The van der Waals surface area contributed by atoms with Crippen molar-refractivity contribution in [3.05, 3.63) is 45.3 Å². The lowest BCUT2D eigenvalue weighted by molar-refractivity contribution is -0.112. The zero-order chi connectivity index (χ0) is 21.4. The van der Waals surface area contributed by atoms with Gasteiger partial charge in [0.25, 0.3) is 0 Å². The summed E-state index contributed by atoms with van der Waals surface area (Å²) >= 11 is 1.99. The topological polar surface area (TPSA) is 57.6 Å². The monoisotopic (exact) mass is 429 g/mol. The first-order valence-corrected chi connectivity index (χ1v) is 12.0. The molecule has 30 heavy (non-hydrogen) atoms. The lowest BCUT2D eigenvalue weighted by Crippen LogP contribution is -2.50. The summed E-state index contributed by atoms with van der Waals surface area (Å²) < 4.78 is 6.47. The molecular formula is C24H35N3O2S. The van der Waals surface area contributed by atoms with Gasteiger partial charge in [-0.1, -0.05) is 13.0 Å². The number of nitrogens with one attached hydrogen (secondary N) is 1. The number of anilines is 1. The van der Waals surface area contributed by atoms with E-state index in [9.17, 15) is 5.11 Å². The summed E-state index contributed by atoms with van der Waals surface area (Å²) in [5.74, 6) is 0.802. The van der Waals surface area contributed by atoms with E-state index in [4.69, 9.17) is 4.74 Å². The molecule has 2 aromatic heterocycles. The summed E-state index contributed by atoms with van der Waals surface area (Å²) in [5.41, 5.74) is 2.24. The van der Waals surface area contributed by atoms with Crippen molar-refractivity contribution in [2.75, 3.05) is 25.1 Å². The van der Waals surface area contributed by atoms with Crippen molar-refractivity contribution in [3.8, 4) is 0 Å². The molecule has 2 aromatic rings. The Hall–Kier alpha value is -1.47. The summed E-state index contributed by atoms with van der Waals surface area (Å²) in [6.07, 6.45) is 6.25. The molecule has 1 spiro atoms. The number of aliphatic hydroxyl groups excluding tert-OH is 1. The van der Waals surface area contributed by atoms with Crippen LogP contribution in [0.5, 0.6) is 0 Å². The molecule has 6 heteroatoms. The normalized spacial score (nSPS) is 24.8. The molecule has 2 aliphatic heterocycles.